The minimum Gasteiger partial charge on any atom is -0.487 e. The number of carbonyl (C=O) groups is 1. The molecule has 1 heterocycles. The fourth-order valence-corrected chi connectivity index (χ4v) is 6.01. The lowest BCUT2D eigenvalue weighted by atomic mass is 9.74. The van der Waals surface area contributed by atoms with E-state index in [2.05, 4.69) is 6.07 Å². The number of para-hydroxylation sites is 1. The van der Waals surface area contributed by atoms with Crippen molar-refractivity contribution in [3.8, 4) is 11.8 Å². The van der Waals surface area contributed by atoms with E-state index in [9.17, 15) is 20.2 Å². The number of nitriles is 1. The van der Waals surface area contributed by atoms with E-state index in [1.807, 2.05) is 38.1 Å². The molecule has 1 aliphatic heterocycles. The van der Waals surface area contributed by atoms with Crippen LogP contribution in [-0.4, -0.2) is 10.7 Å². The van der Waals surface area contributed by atoms with Crippen molar-refractivity contribution in [3.63, 3.8) is 0 Å². The van der Waals surface area contributed by atoms with Gasteiger partial charge in [0.05, 0.1) is 38.2 Å². The number of nitrogens with two attached hydrogens (primary N) is 1. The van der Waals surface area contributed by atoms with Crippen LogP contribution >= 0.6 is 23.2 Å². The van der Waals surface area contributed by atoms with E-state index in [0.29, 0.717) is 47.0 Å². The third-order valence-electron chi connectivity index (χ3n) is 7.55. The van der Waals surface area contributed by atoms with Crippen LogP contribution in [-0.2, 0) is 11.4 Å². The maximum absolute atomic E-state index is 13.6. The molecule has 0 saturated carbocycles. The Labute approximate surface area is 247 Å². The van der Waals surface area contributed by atoms with E-state index in [-0.39, 0.29) is 34.5 Å². The topological polar surface area (TPSA) is 122 Å². The van der Waals surface area contributed by atoms with Crippen molar-refractivity contribution in [3.05, 3.63) is 120 Å². The number of rotatable bonds is 6. The third kappa shape index (κ3) is 5.15. The zero-order valence-electron chi connectivity index (χ0n) is 22.4. The summed E-state index contributed by atoms with van der Waals surface area (Å²) in [7, 11) is 0. The lowest BCUT2D eigenvalue weighted by Crippen LogP contribution is -2.39. The molecule has 0 radical (unpaired) electrons. The van der Waals surface area contributed by atoms with Crippen molar-refractivity contribution in [1.29, 1.82) is 5.26 Å². The predicted molar refractivity (Wildman–Crippen MR) is 158 cm³/mol. The number of nitrogens with zero attached hydrogens (tertiary/aromatic N) is 3. The zero-order valence-corrected chi connectivity index (χ0v) is 23.9. The van der Waals surface area contributed by atoms with E-state index < -0.39 is 10.8 Å². The van der Waals surface area contributed by atoms with E-state index in [4.69, 9.17) is 33.7 Å². The second kappa shape index (κ2) is 11.3. The molecular formula is C31H26Cl2N4O4. The van der Waals surface area contributed by atoms with Gasteiger partial charge in [0.25, 0.3) is 5.69 Å². The molecule has 10 heteroatoms. The van der Waals surface area contributed by atoms with Gasteiger partial charge in [-0.05, 0) is 67.1 Å². The maximum atomic E-state index is 13.6. The van der Waals surface area contributed by atoms with Crippen LogP contribution in [0.25, 0.3) is 0 Å². The summed E-state index contributed by atoms with van der Waals surface area (Å²) in [5.41, 5.74) is 11.8. The molecule has 3 aromatic rings. The third-order valence-corrected chi connectivity index (χ3v) is 8.17. The molecule has 1 aliphatic carbocycles. The van der Waals surface area contributed by atoms with Gasteiger partial charge in [-0.25, -0.2) is 0 Å². The number of nitro groups is 1. The van der Waals surface area contributed by atoms with Crippen molar-refractivity contribution >= 4 is 40.4 Å². The quantitative estimate of drug-likeness (QED) is 0.235. The van der Waals surface area contributed by atoms with Crippen molar-refractivity contribution in [2.45, 2.75) is 45.6 Å². The molecule has 0 amide bonds. The number of Topliss-reactive ketones (excluding diaryl/α,β-unsaturated/α-hetero) is 1. The summed E-state index contributed by atoms with van der Waals surface area (Å²) in [5, 5.41) is 22.3. The van der Waals surface area contributed by atoms with Gasteiger partial charge in [-0.1, -0.05) is 47.5 Å². The summed E-state index contributed by atoms with van der Waals surface area (Å²) in [6.45, 7) is 4.16. The molecule has 0 saturated heterocycles. The lowest BCUT2D eigenvalue weighted by molar-refractivity contribution is -0.384. The van der Waals surface area contributed by atoms with Crippen molar-refractivity contribution in [2.24, 2.45) is 5.73 Å². The molecule has 2 N–H and O–H groups in total. The predicted octanol–water partition coefficient (Wildman–Crippen LogP) is 7.40. The van der Waals surface area contributed by atoms with E-state index in [1.165, 1.54) is 18.2 Å². The van der Waals surface area contributed by atoms with Gasteiger partial charge in [-0.2, -0.15) is 5.26 Å². The van der Waals surface area contributed by atoms with Gasteiger partial charge >= 0.3 is 0 Å². The number of hydrogen-bond acceptors (Lipinski definition) is 7. The number of ketones is 1. The number of non-ortho nitro benzene ring substituents is 1. The van der Waals surface area contributed by atoms with Crippen molar-refractivity contribution < 1.29 is 14.5 Å². The average molecular weight is 589 g/mol. The average Bonchev–Trinajstić information content (AvgIpc) is 2.93. The summed E-state index contributed by atoms with van der Waals surface area (Å²) in [5.74, 6) is -0.0715. The SMILES string of the molecule is Cc1cc(C)c(C2C(C#N)=C(N)N(c3ccc([N+](=O)[O-])cc3Cl)C3=C2C(=O)CCC3)cc1COc1ccccc1Cl. The fourth-order valence-electron chi connectivity index (χ4n) is 5.56. The zero-order chi connectivity index (χ0) is 29.4. The Bertz CT molecular complexity index is 1710. The van der Waals surface area contributed by atoms with Crippen LogP contribution in [0.1, 0.15) is 47.4 Å². The van der Waals surface area contributed by atoms with Crippen LogP contribution in [0.3, 0.4) is 0 Å². The Hall–Kier alpha value is -4.32. The number of aryl methyl sites for hydroxylation is 2. The molecule has 8 nitrogen and oxygen atoms in total. The number of allylic oxidation sites excluding steroid dienone is 3. The molecule has 1 atom stereocenters. The van der Waals surface area contributed by atoms with Gasteiger partial charge in [0.2, 0.25) is 0 Å². The smallest absolute Gasteiger partial charge is 0.271 e. The highest BCUT2D eigenvalue weighted by atomic mass is 35.5. The summed E-state index contributed by atoms with van der Waals surface area (Å²) < 4.78 is 6.02. The number of ether oxygens (including phenoxy) is 1. The monoisotopic (exact) mass is 588 g/mol. The summed E-state index contributed by atoms with van der Waals surface area (Å²) >= 11 is 12.8. The summed E-state index contributed by atoms with van der Waals surface area (Å²) in [6, 6.07) is 17.5. The molecule has 0 fully saturated rings. The molecule has 0 spiro atoms. The molecular weight excluding hydrogens is 563 g/mol. The number of nitro benzene ring substituents is 1. The van der Waals surface area contributed by atoms with Gasteiger partial charge in [0.1, 0.15) is 18.2 Å². The van der Waals surface area contributed by atoms with Crippen molar-refractivity contribution in [1.82, 2.24) is 0 Å². The van der Waals surface area contributed by atoms with Crippen LogP contribution in [0.2, 0.25) is 10.0 Å². The Balaban J connectivity index is 1.64. The maximum Gasteiger partial charge on any atom is 0.271 e. The number of carbonyl (C=O) groups excluding carboxylic acids is 1. The highest BCUT2D eigenvalue weighted by molar-refractivity contribution is 6.33. The molecule has 1 unspecified atom stereocenters. The molecule has 208 valence electrons. The Morgan fingerprint density at radius 1 is 1.10 bits per heavy atom. The van der Waals surface area contributed by atoms with Crippen LogP contribution < -0.4 is 15.4 Å². The van der Waals surface area contributed by atoms with E-state index in [0.717, 1.165) is 22.3 Å². The van der Waals surface area contributed by atoms with Crippen LogP contribution in [0.5, 0.6) is 5.75 Å². The first kappa shape index (κ1) is 28.2. The van der Waals surface area contributed by atoms with Gasteiger partial charge in [-0.15, -0.1) is 0 Å². The molecule has 5 rings (SSSR count). The van der Waals surface area contributed by atoms with E-state index in [1.54, 1.807) is 17.0 Å². The fraction of sp³-hybridized carbons (Fsp3) is 0.226. The van der Waals surface area contributed by atoms with Gasteiger partial charge in [0, 0.05) is 29.8 Å². The Kier molecular flexibility index (Phi) is 7.76. The first-order valence-electron chi connectivity index (χ1n) is 13.0. The standard InChI is InChI=1S/C31H26Cl2N4O4/c1-17-12-18(2)21(13-19(17)16-41-28-9-4-3-6-23(28)32)29-22(15-34)31(35)36(26-7-5-8-27(38)30(26)29)25-11-10-20(37(39)40)14-24(25)33/h3-4,6,9-14,29H,5,7-8,16,35H2,1-2H3. The highest BCUT2D eigenvalue weighted by Gasteiger charge is 2.41. The number of hydrogen-bond donors (Lipinski definition) is 1. The number of benzene rings is 3. The molecule has 3 aromatic carbocycles. The molecule has 0 aromatic heterocycles. The second-order valence-electron chi connectivity index (χ2n) is 10.1. The first-order chi connectivity index (χ1) is 19.6. The van der Waals surface area contributed by atoms with Crippen LogP contribution in [0.15, 0.2) is 77.3 Å². The highest BCUT2D eigenvalue weighted by Crippen LogP contribution is 2.48. The summed E-state index contributed by atoms with van der Waals surface area (Å²) in [6.07, 6.45) is 1.46. The Morgan fingerprint density at radius 3 is 2.54 bits per heavy atom. The Morgan fingerprint density at radius 2 is 1.85 bits per heavy atom. The summed E-state index contributed by atoms with van der Waals surface area (Å²) in [4.78, 5) is 25.9. The molecule has 2 aliphatic rings. The second-order valence-corrected chi connectivity index (χ2v) is 10.9. The van der Waals surface area contributed by atoms with Gasteiger partial charge in [0.15, 0.2) is 5.78 Å². The molecule has 0 bridgehead atoms. The van der Waals surface area contributed by atoms with Crippen molar-refractivity contribution in [2.75, 3.05) is 4.90 Å². The van der Waals surface area contributed by atoms with Crippen LogP contribution in [0.4, 0.5) is 11.4 Å². The van der Waals surface area contributed by atoms with Gasteiger partial charge in [-0.3, -0.25) is 19.8 Å². The lowest BCUT2D eigenvalue weighted by Gasteiger charge is -2.40. The largest absolute Gasteiger partial charge is 0.487 e. The van der Waals surface area contributed by atoms with E-state index >= 15 is 0 Å². The normalized spacial score (nSPS) is 16.9. The molecule has 41 heavy (non-hydrogen) atoms. The van der Waals surface area contributed by atoms with Crippen LogP contribution in [0, 0.1) is 35.3 Å². The number of anilines is 1. The minimum atomic E-state index is -0.685. The number of halogens is 2. The minimum absolute atomic E-state index is 0.0756. The van der Waals surface area contributed by atoms with Gasteiger partial charge < -0.3 is 10.5 Å². The first-order valence-corrected chi connectivity index (χ1v) is 13.7.